The van der Waals surface area contributed by atoms with Crippen molar-refractivity contribution in [1.82, 2.24) is 0 Å². The van der Waals surface area contributed by atoms with Crippen LogP contribution in [0.5, 0.6) is 0 Å². The van der Waals surface area contributed by atoms with Crippen molar-refractivity contribution in [1.29, 1.82) is 0 Å². The molecule has 4 nitrogen and oxygen atoms in total. The molecule has 0 bridgehead atoms. The van der Waals surface area contributed by atoms with Gasteiger partial charge >= 0.3 is 35.5 Å². The molecule has 0 radical (unpaired) electrons. The Balaban J connectivity index is 0. The van der Waals surface area contributed by atoms with E-state index in [-0.39, 0.29) is 29.6 Å². The predicted octanol–water partition coefficient (Wildman–Crippen LogP) is -1.94. The van der Waals surface area contributed by atoms with Gasteiger partial charge in [-0.15, -0.1) is 0 Å². The molecule has 0 rings (SSSR count). The summed E-state index contributed by atoms with van der Waals surface area (Å²) in [5, 5.41) is 9.98. The van der Waals surface area contributed by atoms with Crippen LogP contribution in [0.3, 0.4) is 0 Å². The number of carbonyl (C=O) groups excluding carboxylic acids is 2. The fourth-order valence-corrected chi connectivity index (χ4v) is 1.19. The van der Waals surface area contributed by atoms with Crippen molar-refractivity contribution in [3.63, 3.8) is 0 Å². The van der Waals surface area contributed by atoms with Crippen LogP contribution in [-0.2, 0) is 14.3 Å². The van der Waals surface area contributed by atoms with Gasteiger partial charge in [0.2, 0.25) is 0 Å². The molecule has 5 heteroatoms. The van der Waals surface area contributed by atoms with Gasteiger partial charge < -0.3 is 14.6 Å². The van der Waals surface area contributed by atoms with Crippen LogP contribution < -0.4 is 34.7 Å². The van der Waals surface area contributed by atoms with E-state index in [0.717, 1.165) is 25.3 Å². The van der Waals surface area contributed by atoms with E-state index >= 15 is 0 Å². The first-order valence-corrected chi connectivity index (χ1v) is 5.58. The Kier molecular flexibility index (Phi) is 13.6. The van der Waals surface area contributed by atoms with Crippen molar-refractivity contribution in [2.75, 3.05) is 6.61 Å². The van der Waals surface area contributed by atoms with E-state index in [1.54, 1.807) is 0 Å². The van der Waals surface area contributed by atoms with Crippen molar-refractivity contribution in [3.8, 4) is 0 Å². The standard InChI is InChI=1S/C12H20O4.Na/c1-10(2)6-4-3-5-9-16-12(15)8-7-11(13)14;/h7-8,10H,3-6,9H2,1-2H3,(H,13,14);/q;+1/p-1. The van der Waals surface area contributed by atoms with Crippen molar-refractivity contribution < 1.29 is 49.0 Å². The molecular weight excluding hydrogens is 231 g/mol. The molecule has 0 aromatic heterocycles. The summed E-state index contributed by atoms with van der Waals surface area (Å²) >= 11 is 0. The number of hydrogen-bond donors (Lipinski definition) is 0. The normalized spacial score (nSPS) is 10.3. The second kappa shape index (κ2) is 12.1. The molecule has 0 unspecified atom stereocenters. The van der Waals surface area contributed by atoms with E-state index in [0.29, 0.717) is 18.6 Å². The minimum absolute atomic E-state index is 0. The van der Waals surface area contributed by atoms with Crippen molar-refractivity contribution in [2.24, 2.45) is 5.92 Å². The monoisotopic (exact) mass is 250 g/mol. The summed E-state index contributed by atoms with van der Waals surface area (Å²) in [7, 11) is 0. The summed E-state index contributed by atoms with van der Waals surface area (Å²) in [4.78, 5) is 20.9. The van der Waals surface area contributed by atoms with E-state index in [4.69, 9.17) is 4.74 Å². The van der Waals surface area contributed by atoms with Gasteiger partial charge in [-0.1, -0.05) is 33.1 Å². The average Bonchev–Trinajstić information content (AvgIpc) is 2.19. The van der Waals surface area contributed by atoms with E-state index in [9.17, 15) is 14.7 Å². The van der Waals surface area contributed by atoms with Crippen LogP contribution in [0, 0.1) is 5.92 Å². The number of carbonyl (C=O) groups is 2. The van der Waals surface area contributed by atoms with Gasteiger partial charge in [0.05, 0.1) is 12.6 Å². The van der Waals surface area contributed by atoms with Gasteiger partial charge in [0.15, 0.2) is 0 Å². The second-order valence-corrected chi connectivity index (χ2v) is 4.06. The third kappa shape index (κ3) is 15.7. The molecule has 0 fully saturated rings. The van der Waals surface area contributed by atoms with Gasteiger partial charge in [0.25, 0.3) is 0 Å². The number of hydrogen-bond acceptors (Lipinski definition) is 4. The molecule has 0 amide bonds. The summed E-state index contributed by atoms with van der Waals surface area (Å²) in [6.07, 6.45) is 5.68. The van der Waals surface area contributed by atoms with Crippen LogP contribution in [0.1, 0.15) is 39.5 Å². The zero-order valence-electron chi connectivity index (χ0n) is 10.9. The molecule has 0 saturated heterocycles. The van der Waals surface area contributed by atoms with Crippen molar-refractivity contribution in [3.05, 3.63) is 12.2 Å². The number of unbranched alkanes of at least 4 members (excludes halogenated alkanes) is 2. The Morgan fingerprint density at radius 1 is 1.18 bits per heavy atom. The summed E-state index contributed by atoms with van der Waals surface area (Å²) in [5.41, 5.74) is 0. The molecule has 0 heterocycles. The van der Waals surface area contributed by atoms with Crippen molar-refractivity contribution in [2.45, 2.75) is 39.5 Å². The van der Waals surface area contributed by atoms with E-state index in [2.05, 4.69) is 13.8 Å². The maximum absolute atomic E-state index is 10.9. The molecule has 0 aromatic rings. The van der Waals surface area contributed by atoms with Gasteiger partial charge in [-0.05, 0) is 18.4 Å². The summed E-state index contributed by atoms with van der Waals surface area (Å²) in [5.74, 6) is -1.32. The molecule has 0 aliphatic carbocycles. The number of carboxylic acids is 1. The topological polar surface area (TPSA) is 66.4 Å². The van der Waals surface area contributed by atoms with Crippen molar-refractivity contribution >= 4 is 11.9 Å². The van der Waals surface area contributed by atoms with E-state index < -0.39 is 11.9 Å². The molecule has 0 aromatic carbocycles. The minimum Gasteiger partial charge on any atom is -0.545 e. The summed E-state index contributed by atoms with van der Waals surface area (Å²) in [6, 6.07) is 0. The largest absolute Gasteiger partial charge is 1.00 e. The Labute approximate surface area is 125 Å². The molecule has 92 valence electrons. The molecular formula is C12H19NaO4. The van der Waals surface area contributed by atoms with Gasteiger partial charge in [-0.3, -0.25) is 0 Å². The third-order valence-corrected chi connectivity index (χ3v) is 2.03. The molecule has 0 spiro atoms. The Morgan fingerprint density at radius 3 is 2.35 bits per heavy atom. The quantitative estimate of drug-likeness (QED) is 0.217. The van der Waals surface area contributed by atoms with Crippen LogP contribution in [0.4, 0.5) is 0 Å². The Bertz CT molecular complexity index is 249. The Morgan fingerprint density at radius 2 is 1.82 bits per heavy atom. The van der Waals surface area contributed by atoms with E-state index in [1.807, 2.05) is 0 Å². The van der Waals surface area contributed by atoms with Crippen LogP contribution >= 0.6 is 0 Å². The van der Waals surface area contributed by atoms with Gasteiger partial charge in [0, 0.05) is 6.08 Å². The first-order valence-electron chi connectivity index (χ1n) is 5.58. The molecule has 0 aliphatic heterocycles. The van der Waals surface area contributed by atoms with Gasteiger partial charge in [0.1, 0.15) is 0 Å². The predicted molar refractivity (Wildman–Crippen MR) is 58.4 cm³/mol. The smallest absolute Gasteiger partial charge is 0.545 e. The van der Waals surface area contributed by atoms with Gasteiger partial charge in [-0.2, -0.15) is 0 Å². The Hall–Kier alpha value is -0.320. The fraction of sp³-hybridized carbons (Fsp3) is 0.667. The first-order chi connectivity index (χ1) is 7.52. The first kappa shape index (κ1) is 19.0. The number of aliphatic carboxylic acids is 1. The number of rotatable bonds is 8. The fourth-order valence-electron chi connectivity index (χ4n) is 1.19. The number of esters is 1. The third-order valence-electron chi connectivity index (χ3n) is 2.03. The van der Waals surface area contributed by atoms with Crippen LogP contribution in [0.25, 0.3) is 0 Å². The SMILES string of the molecule is CC(C)CCCCCOC(=O)C=CC(=O)[O-].[Na+]. The van der Waals surface area contributed by atoms with Crippen LogP contribution in [0.15, 0.2) is 12.2 Å². The van der Waals surface area contributed by atoms with E-state index in [1.165, 1.54) is 6.42 Å². The second-order valence-electron chi connectivity index (χ2n) is 4.06. The minimum atomic E-state index is -1.39. The van der Waals surface area contributed by atoms with Crippen LogP contribution in [-0.4, -0.2) is 18.5 Å². The zero-order chi connectivity index (χ0) is 12.4. The van der Waals surface area contributed by atoms with Crippen LogP contribution in [0.2, 0.25) is 0 Å². The number of carboxylic acid groups (broad SMARTS) is 1. The number of ether oxygens (including phenoxy) is 1. The maximum Gasteiger partial charge on any atom is 1.00 e. The summed E-state index contributed by atoms with van der Waals surface area (Å²) in [6.45, 7) is 4.68. The molecule has 0 atom stereocenters. The summed E-state index contributed by atoms with van der Waals surface area (Å²) < 4.78 is 4.78. The molecule has 0 saturated carbocycles. The molecule has 17 heavy (non-hydrogen) atoms. The average molecular weight is 250 g/mol. The zero-order valence-corrected chi connectivity index (χ0v) is 12.9. The molecule has 0 N–H and O–H groups in total. The van der Waals surface area contributed by atoms with Gasteiger partial charge in [-0.25, -0.2) is 4.79 Å². The molecule has 0 aliphatic rings. The maximum atomic E-state index is 10.9.